The number of unbranched alkanes of at least 4 members (excludes halogenated alkanes) is 6. The van der Waals surface area contributed by atoms with Crippen LogP contribution in [0.1, 0.15) is 116 Å². The summed E-state index contributed by atoms with van der Waals surface area (Å²) < 4.78 is 5.59. The predicted molar refractivity (Wildman–Crippen MR) is 119 cm³/mol. The molecule has 0 bridgehead atoms. The minimum absolute atomic E-state index is 0.720. The Hall–Kier alpha value is -0.300. The van der Waals surface area contributed by atoms with E-state index in [2.05, 4.69) is 13.5 Å². The molecule has 0 radical (unpaired) electrons. The van der Waals surface area contributed by atoms with E-state index in [4.69, 9.17) is 4.74 Å². The molecule has 0 aromatic rings. The topological polar surface area (TPSA) is 9.23 Å². The van der Waals surface area contributed by atoms with Gasteiger partial charge in [-0.15, -0.1) is 6.58 Å². The molecule has 0 saturated heterocycles. The maximum atomic E-state index is 5.59. The Bertz CT molecular complexity index is 347. The van der Waals surface area contributed by atoms with Crippen molar-refractivity contribution in [1.82, 2.24) is 0 Å². The smallest absolute Gasteiger partial charge is 0.0644 e. The summed E-state index contributed by atoms with van der Waals surface area (Å²) in [4.78, 5) is 0. The van der Waals surface area contributed by atoms with Crippen molar-refractivity contribution in [3.8, 4) is 0 Å². The van der Waals surface area contributed by atoms with Crippen molar-refractivity contribution in [1.29, 1.82) is 0 Å². The molecule has 2 rings (SSSR count). The molecule has 0 amide bonds. The molecule has 0 heterocycles. The summed E-state index contributed by atoms with van der Waals surface area (Å²) in [5, 5.41) is 0. The third kappa shape index (κ3) is 9.64. The van der Waals surface area contributed by atoms with Gasteiger partial charge in [-0.05, 0) is 55.8 Å². The summed E-state index contributed by atoms with van der Waals surface area (Å²) in [6.07, 6.45) is 27.0. The molecule has 2 aliphatic rings. The van der Waals surface area contributed by atoms with Gasteiger partial charge in [-0.1, -0.05) is 90.0 Å². The highest BCUT2D eigenvalue weighted by Crippen LogP contribution is 2.42. The summed E-state index contributed by atoms with van der Waals surface area (Å²) in [5.41, 5.74) is 0. The average molecular weight is 377 g/mol. The van der Waals surface area contributed by atoms with Crippen LogP contribution >= 0.6 is 0 Å². The molecule has 2 aliphatic carbocycles. The third-order valence-electron chi connectivity index (χ3n) is 7.57. The first-order valence-electron chi connectivity index (χ1n) is 12.5. The molecule has 0 aliphatic heterocycles. The molecule has 0 N–H and O–H groups in total. The van der Waals surface area contributed by atoms with Gasteiger partial charge in [0.05, 0.1) is 6.61 Å². The first-order chi connectivity index (χ1) is 13.3. The molecule has 2 saturated carbocycles. The summed E-state index contributed by atoms with van der Waals surface area (Å²) in [6, 6.07) is 0. The van der Waals surface area contributed by atoms with E-state index in [0.717, 1.165) is 36.9 Å². The van der Waals surface area contributed by atoms with Crippen LogP contribution in [-0.4, -0.2) is 13.2 Å². The van der Waals surface area contributed by atoms with Crippen molar-refractivity contribution in [3.05, 3.63) is 12.7 Å². The van der Waals surface area contributed by atoms with Gasteiger partial charge < -0.3 is 4.74 Å². The van der Waals surface area contributed by atoms with Crippen molar-refractivity contribution in [3.63, 3.8) is 0 Å². The van der Waals surface area contributed by atoms with E-state index < -0.39 is 0 Å². The molecular weight excluding hydrogens is 328 g/mol. The standard InChI is InChI=1S/C26H48O/c1-3-5-6-7-8-9-10-11-23-12-16-25(17-13-23)26-18-14-24(15-19-26)20-22-27-21-4-2/h4,23-26H,2-3,5-22H2,1H3/t23-,24-,25-,26-. The highest BCUT2D eigenvalue weighted by molar-refractivity contribution is 4.82. The zero-order chi connectivity index (χ0) is 19.2. The van der Waals surface area contributed by atoms with Gasteiger partial charge in [0, 0.05) is 6.61 Å². The van der Waals surface area contributed by atoms with E-state index in [1.54, 1.807) is 12.8 Å². The lowest BCUT2D eigenvalue weighted by atomic mass is 9.68. The van der Waals surface area contributed by atoms with Gasteiger partial charge in [-0.2, -0.15) is 0 Å². The highest BCUT2D eigenvalue weighted by atomic mass is 16.5. The van der Waals surface area contributed by atoms with Crippen LogP contribution in [0.4, 0.5) is 0 Å². The van der Waals surface area contributed by atoms with E-state index >= 15 is 0 Å². The van der Waals surface area contributed by atoms with Crippen LogP contribution in [0.2, 0.25) is 0 Å². The second-order valence-corrected chi connectivity index (χ2v) is 9.62. The van der Waals surface area contributed by atoms with Gasteiger partial charge in [0.1, 0.15) is 0 Å². The Morgan fingerprint density at radius 1 is 0.704 bits per heavy atom. The first-order valence-corrected chi connectivity index (χ1v) is 12.5. The molecule has 27 heavy (non-hydrogen) atoms. The lowest BCUT2D eigenvalue weighted by Crippen LogP contribution is -2.26. The van der Waals surface area contributed by atoms with E-state index in [9.17, 15) is 0 Å². The van der Waals surface area contributed by atoms with Crippen LogP contribution < -0.4 is 0 Å². The van der Waals surface area contributed by atoms with Crippen LogP contribution in [0, 0.1) is 23.7 Å². The van der Waals surface area contributed by atoms with Gasteiger partial charge in [-0.25, -0.2) is 0 Å². The number of ether oxygens (including phenoxy) is 1. The fourth-order valence-electron chi connectivity index (χ4n) is 5.70. The summed E-state index contributed by atoms with van der Waals surface area (Å²) in [7, 11) is 0. The Morgan fingerprint density at radius 2 is 1.22 bits per heavy atom. The van der Waals surface area contributed by atoms with Crippen LogP contribution in [0.3, 0.4) is 0 Å². The predicted octanol–water partition coefficient (Wildman–Crippen LogP) is 8.33. The van der Waals surface area contributed by atoms with Gasteiger partial charge in [0.25, 0.3) is 0 Å². The van der Waals surface area contributed by atoms with Gasteiger partial charge >= 0.3 is 0 Å². The zero-order valence-corrected chi connectivity index (χ0v) is 18.4. The van der Waals surface area contributed by atoms with Crippen LogP contribution in [-0.2, 0) is 4.74 Å². The van der Waals surface area contributed by atoms with Crippen LogP contribution in [0.5, 0.6) is 0 Å². The van der Waals surface area contributed by atoms with Gasteiger partial charge in [0.2, 0.25) is 0 Å². The van der Waals surface area contributed by atoms with E-state index in [-0.39, 0.29) is 0 Å². The SMILES string of the molecule is C=CCOCC[C@H]1CC[C@H]([C@H]2CC[C@H](CCCCCCCCC)CC2)CC1. The third-order valence-corrected chi connectivity index (χ3v) is 7.57. The fourth-order valence-corrected chi connectivity index (χ4v) is 5.70. The highest BCUT2D eigenvalue weighted by Gasteiger charge is 2.30. The van der Waals surface area contributed by atoms with Crippen LogP contribution in [0.25, 0.3) is 0 Å². The van der Waals surface area contributed by atoms with E-state index in [1.165, 1.54) is 96.3 Å². The van der Waals surface area contributed by atoms with Crippen molar-refractivity contribution in [2.24, 2.45) is 23.7 Å². The Morgan fingerprint density at radius 3 is 1.78 bits per heavy atom. The molecule has 0 spiro atoms. The van der Waals surface area contributed by atoms with Gasteiger partial charge in [0.15, 0.2) is 0 Å². The molecule has 0 aromatic heterocycles. The van der Waals surface area contributed by atoms with Crippen LogP contribution in [0.15, 0.2) is 12.7 Å². The second kappa shape index (κ2) is 14.7. The average Bonchev–Trinajstić information content (AvgIpc) is 2.71. The second-order valence-electron chi connectivity index (χ2n) is 9.62. The number of hydrogen-bond acceptors (Lipinski definition) is 1. The number of rotatable bonds is 14. The van der Waals surface area contributed by atoms with Crippen molar-refractivity contribution in [2.45, 2.75) is 116 Å². The molecular formula is C26H48O. The molecule has 2 fully saturated rings. The minimum atomic E-state index is 0.720. The molecule has 1 nitrogen and oxygen atoms in total. The molecule has 0 aromatic carbocycles. The summed E-state index contributed by atoms with van der Waals surface area (Å²) >= 11 is 0. The largest absolute Gasteiger partial charge is 0.377 e. The lowest BCUT2D eigenvalue weighted by molar-refractivity contribution is 0.110. The minimum Gasteiger partial charge on any atom is -0.377 e. The van der Waals surface area contributed by atoms with Crippen molar-refractivity contribution >= 4 is 0 Å². The van der Waals surface area contributed by atoms with Crippen molar-refractivity contribution < 1.29 is 4.74 Å². The Kier molecular flexibility index (Phi) is 12.5. The molecule has 0 atom stereocenters. The maximum absolute atomic E-state index is 5.59. The molecule has 1 heteroatoms. The first kappa shape index (κ1) is 23.0. The maximum Gasteiger partial charge on any atom is 0.0644 e. The van der Waals surface area contributed by atoms with Crippen molar-refractivity contribution in [2.75, 3.05) is 13.2 Å². The van der Waals surface area contributed by atoms with E-state index in [0.29, 0.717) is 0 Å². The summed E-state index contributed by atoms with van der Waals surface area (Å²) in [6.45, 7) is 7.68. The Labute approximate surface area is 170 Å². The van der Waals surface area contributed by atoms with Gasteiger partial charge in [-0.3, -0.25) is 0 Å². The van der Waals surface area contributed by atoms with E-state index in [1.807, 2.05) is 6.08 Å². The lowest BCUT2D eigenvalue weighted by Gasteiger charge is -2.38. The monoisotopic (exact) mass is 376 g/mol. The quantitative estimate of drug-likeness (QED) is 0.219. The molecule has 158 valence electrons. The summed E-state index contributed by atoms with van der Waals surface area (Å²) in [5.74, 6) is 4.11. The fraction of sp³-hybridized carbons (Fsp3) is 0.923. The Balaban J connectivity index is 1.48. The number of hydrogen-bond donors (Lipinski definition) is 0. The zero-order valence-electron chi connectivity index (χ0n) is 18.4. The normalized spacial score (nSPS) is 28.9. The molecule has 0 unspecified atom stereocenters.